The van der Waals surface area contributed by atoms with Gasteiger partial charge in [0.05, 0.1) is 5.57 Å². The lowest BCUT2D eigenvalue weighted by Crippen LogP contribution is -2.29. The fourth-order valence-corrected chi connectivity index (χ4v) is 4.85. The molecule has 1 N–H and O–H groups in total. The maximum atomic E-state index is 13.4. The van der Waals surface area contributed by atoms with Gasteiger partial charge in [0.2, 0.25) is 0 Å². The topological polar surface area (TPSA) is 66.8 Å². The van der Waals surface area contributed by atoms with Crippen molar-refractivity contribution in [1.82, 2.24) is 0 Å². The molecule has 5 rings (SSSR count). The van der Waals surface area contributed by atoms with Crippen molar-refractivity contribution in [3.8, 4) is 5.75 Å². The molecule has 174 valence electrons. The zero-order chi connectivity index (χ0) is 24.4. The number of thiophene rings is 1. The Hall–Kier alpha value is -4.23. The molecular weight excluding hydrogens is 465 g/mol. The predicted octanol–water partition coefficient (Wildman–Crippen LogP) is 6.09. The van der Waals surface area contributed by atoms with Gasteiger partial charge in [0, 0.05) is 16.1 Å². The highest BCUT2D eigenvalue weighted by atomic mass is 32.1. The Kier molecular flexibility index (Phi) is 6.16. The first-order chi connectivity index (χ1) is 17.0. The van der Waals surface area contributed by atoms with Gasteiger partial charge >= 0.3 is 0 Å². The number of benzene rings is 3. The summed E-state index contributed by atoms with van der Waals surface area (Å²) in [7, 11) is 0. The van der Waals surface area contributed by atoms with Crippen LogP contribution in [0.1, 0.15) is 22.0 Å². The number of halogens is 1. The first kappa shape index (κ1) is 22.6. The first-order valence-corrected chi connectivity index (χ1v) is 11.8. The number of hydrogen-bond donors (Lipinski definition) is 1. The van der Waals surface area contributed by atoms with Crippen molar-refractivity contribution >= 4 is 34.5 Å². The molecule has 1 amide bonds. The normalized spacial score (nSPS) is 17.1. The molecule has 5 nitrogen and oxygen atoms in total. The first-order valence-electron chi connectivity index (χ1n) is 10.9. The van der Waals surface area contributed by atoms with Crippen LogP contribution in [-0.4, -0.2) is 16.8 Å². The zero-order valence-electron chi connectivity index (χ0n) is 18.4. The van der Waals surface area contributed by atoms with E-state index in [0.29, 0.717) is 18.0 Å². The van der Waals surface area contributed by atoms with Crippen molar-refractivity contribution in [2.45, 2.75) is 12.6 Å². The predicted molar refractivity (Wildman–Crippen MR) is 133 cm³/mol. The van der Waals surface area contributed by atoms with Crippen molar-refractivity contribution < 1.29 is 23.8 Å². The number of nitrogens with zero attached hydrogens (tertiary/aromatic N) is 1. The average molecular weight is 486 g/mol. The molecule has 4 aromatic rings. The molecular formula is C28H20FNO4S. The Balaban J connectivity index is 1.49. The maximum Gasteiger partial charge on any atom is 0.300 e. The molecule has 0 aliphatic carbocycles. The minimum Gasteiger partial charge on any atom is -0.507 e. The van der Waals surface area contributed by atoms with E-state index in [2.05, 4.69) is 0 Å². The molecule has 0 saturated carbocycles. The number of ether oxygens (including phenoxy) is 1. The van der Waals surface area contributed by atoms with Crippen LogP contribution in [0, 0.1) is 5.82 Å². The number of hydrogen-bond acceptors (Lipinski definition) is 5. The second kappa shape index (κ2) is 9.56. The van der Waals surface area contributed by atoms with Crippen LogP contribution in [0.3, 0.4) is 0 Å². The van der Waals surface area contributed by atoms with Crippen LogP contribution in [0.25, 0.3) is 5.76 Å². The summed E-state index contributed by atoms with van der Waals surface area (Å²) in [5.41, 5.74) is 1.75. The highest BCUT2D eigenvalue weighted by Crippen LogP contribution is 2.43. The molecule has 0 radical (unpaired) electrons. The van der Waals surface area contributed by atoms with Crippen molar-refractivity contribution in [2.24, 2.45) is 0 Å². The van der Waals surface area contributed by atoms with E-state index in [0.717, 1.165) is 10.4 Å². The lowest BCUT2D eigenvalue weighted by atomic mass is 9.99. The summed E-state index contributed by atoms with van der Waals surface area (Å²) in [5.74, 6) is -1.73. The number of carbonyl (C=O) groups is 2. The summed E-state index contributed by atoms with van der Waals surface area (Å²) in [6, 6.07) is 24.6. The Labute approximate surface area is 205 Å². The van der Waals surface area contributed by atoms with Gasteiger partial charge in [-0.05, 0) is 65.5 Å². The number of amides is 1. The number of aliphatic hydroxyl groups is 1. The number of anilines is 1. The Bertz CT molecular complexity index is 1380. The SMILES string of the molecule is O=C1C(=O)N(c2ccc(OCc3ccccc3)cc2)C(c2cccs2)/C1=C(/O)c1ccc(F)cc1. The van der Waals surface area contributed by atoms with Crippen LogP contribution in [0.2, 0.25) is 0 Å². The summed E-state index contributed by atoms with van der Waals surface area (Å²) in [6.07, 6.45) is 0. The van der Waals surface area contributed by atoms with Crippen LogP contribution in [0.5, 0.6) is 5.75 Å². The molecule has 1 unspecified atom stereocenters. The number of Topliss-reactive ketones (excluding diaryl/α,β-unsaturated/α-hetero) is 1. The van der Waals surface area contributed by atoms with Gasteiger partial charge in [0.25, 0.3) is 11.7 Å². The van der Waals surface area contributed by atoms with Crippen LogP contribution in [0.4, 0.5) is 10.1 Å². The third-order valence-corrected chi connectivity index (χ3v) is 6.66. The van der Waals surface area contributed by atoms with Crippen molar-refractivity contribution in [1.29, 1.82) is 0 Å². The minimum atomic E-state index is -0.809. The van der Waals surface area contributed by atoms with Crippen molar-refractivity contribution in [2.75, 3.05) is 4.90 Å². The number of carbonyl (C=O) groups excluding carboxylic acids is 2. The molecule has 1 atom stereocenters. The summed E-state index contributed by atoms with van der Waals surface area (Å²) in [4.78, 5) is 28.4. The summed E-state index contributed by atoms with van der Waals surface area (Å²) < 4.78 is 19.2. The lowest BCUT2D eigenvalue weighted by Gasteiger charge is -2.24. The van der Waals surface area contributed by atoms with Gasteiger partial charge in [-0.3, -0.25) is 14.5 Å². The largest absolute Gasteiger partial charge is 0.507 e. The van der Waals surface area contributed by atoms with E-state index in [1.807, 2.05) is 47.8 Å². The van der Waals surface area contributed by atoms with Gasteiger partial charge in [-0.1, -0.05) is 36.4 Å². The van der Waals surface area contributed by atoms with Gasteiger partial charge in [-0.25, -0.2) is 4.39 Å². The molecule has 1 fully saturated rings. The van der Waals surface area contributed by atoms with Crippen LogP contribution in [-0.2, 0) is 16.2 Å². The minimum absolute atomic E-state index is 0.0338. The fraction of sp³-hybridized carbons (Fsp3) is 0.0714. The lowest BCUT2D eigenvalue weighted by molar-refractivity contribution is -0.132. The Morgan fingerprint density at radius 3 is 2.29 bits per heavy atom. The quantitative estimate of drug-likeness (QED) is 0.204. The Morgan fingerprint density at radius 2 is 1.63 bits per heavy atom. The van der Waals surface area contributed by atoms with Gasteiger partial charge in [0.1, 0.15) is 30.0 Å². The number of aliphatic hydroxyl groups excluding tert-OH is 1. The molecule has 7 heteroatoms. The molecule has 3 aromatic carbocycles. The third-order valence-electron chi connectivity index (χ3n) is 5.74. The highest BCUT2D eigenvalue weighted by Gasteiger charge is 2.47. The molecule has 1 saturated heterocycles. The summed E-state index contributed by atoms with van der Waals surface area (Å²) >= 11 is 1.37. The second-order valence-electron chi connectivity index (χ2n) is 7.96. The second-order valence-corrected chi connectivity index (χ2v) is 8.94. The van der Waals surface area contributed by atoms with Gasteiger partial charge in [-0.2, -0.15) is 0 Å². The van der Waals surface area contributed by atoms with E-state index in [4.69, 9.17) is 4.74 Å². The molecule has 0 spiro atoms. The molecule has 0 bridgehead atoms. The van der Waals surface area contributed by atoms with E-state index in [1.54, 1.807) is 24.3 Å². The summed E-state index contributed by atoms with van der Waals surface area (Å²) in [6.45, 7) is 0.400. The van der Waals surface area contributed by atoms with Gasteiger partial charge in [0.15, 0.2) is 0 Å². The molecule has 35 heavy (non-hydrogen) atoms. The molecule has 2 heterocycles. The van der Waals surface area contributed by atoms with E-state index in [-0.39, 0.29) is 16.9 Å². The zero-order valence-corrected chi connectivity index (χ0v) is 19.2. The maximum absolute atomic E-state index is 13.4. The van der Waals surface area contributed by atoms with E-state index >= 15 is 0 Å². The van der Waals surface area contributed by atoms with E-state index < -0.39 is 23.5 Å². The van der Waals surface area contributed by atoms with Gasteiger partial charge < -0.3 is 9.84 Å². The summed E-state index contributed by atoms with van der Waals surface area (Å²) in [5, 5.41) is 12.8. The fourth-order valence-electron chi connectivity index (χ4n) is 4.02. The number of ketones is 1. The molecule has 1 aromatic heterocycles. The molecule has 1 aliphatic rings. The third kappa shape index (κ3) is 4.46. The standard InChI is InChI=1S/C28H20FNO4S/c29-20-10-8-19(9-11-20)26(31)24-25(23-7-4-16-35-23)30(28(33)27(24)32)21-12-14-22(15-13-21)34-17-18-5-2-1-3-6-18/h1-16,25,31H,17H2/b26-24-. The van der Waals surface area contributed by atoms with Crippen LogP contribution >= 0.6 is 11.3 Å². The number of rotatable bonds is 6. The van der Waals surface area contributed by atoms with E-state index in [1.165, 1.54) is 40.5 Å². The monoisotopic (exact) mass is 485 g/mol. The smallest absolute Gasteiger partial charge is 0.300 e. The highest BCUT2D eigenvalue weighted by molar-refractivity contribution is 7.10. The van der Waals surface area contributed by atoms with Gasteiger partial charge in [-0.15, -0.1) is 11.3 Å². The van der Waals surface area contributed by atoms with Crippen molar-refractivity contribution in [3.63, 3.8) is 0 Å². The molecule has 1 aliphatic heterocycles. The van der Waals surface area contributed by atoms with E-state index in [9.17, 15) is 19.1 Å². The Morgan fingerprint density at radius 1 is 0.914 bits per heavy atom. The van der Waals surface area contributed by atoms with Crippen LogP contribution < -0.4 is 9.64 Å². The van der Waals surface area contributed by atoms with Crippen molar-refractivity contribution in [3.05, 3.63) is 124 Å². The average Bonchev–Trinajstić information content (AvgIpc) is 3.51. The van der Waals surface area contributed by atoms with Crippen LogP contribution in [0.15, 0.2) is 102 Å².